The molecule has 2 aromatic rings. The second kappa shape index (κ2) is 8.77. The molecule has 1 N–H and O–H groups in total. The van der Waals surface area contributed by atoms with Crippen molar-refractivity contribution in [2.24, 2.45) is 11.3 Å². The van der Waals surface area contributed by atoms with Gasteiger partial charge in [-0.2, -0.15) is 0 Å². The van der Waals surface area contributed by atoms with Gasteiger partial charge in [0.1, 0.15) is 11.9 Å². The van der Waals surface area contributed by atoms with Gasteiger partial charge in [-0.05, 0) is 84.6 Å². The predicted molar refractivity (Wildman–Crippen MR) is 128 cm³/mol. The molecule has 34 heavy (non-hydrogen) atoms. The Morgan fingerprint density at radius 3 is 2.47 bits per heavy atom. The van der Waals surface area contributed by atoms with E-state index in [1.54, 1.807) is 32.4 Å². The van der Waals surface area contributed by atoms with Crippen molar-refractivity contribution >= 4 is 6.09 Å². The van der Waals surface area contributed by atoms with Crippen LogP contribution in [0.5, 0.6) is 11.5 Å². The fraction of sp³-hybridized carbons (Fsp3) is 0.519. The maximum atomic E-state index is 15.4. The third-order valence-corrected chi connectivity index (χ3v) is 7.78. The number of piperidine rings is 3. The highest BCUT2D eigenvalue weighted by Gasteiger charge is 2.42. The van der Waals surface area contributed by atoms with Crippen LogP contribution in [0.3, 0.4) is 0 Å². The summed E-state index contributed by atoms with van der Waals surface area (Å²) in [5.41, 5.74) is 2.81. The van der Waals surface area contributed by atoms with Crippen LogP contribution in [0, 0.1) is 17.2 Å². The number of nitrogens with zero attached hydrogens (tertiary/aromatic N) is 1. The molecule has 6 rings (SSSR count). The van der Waals surface area contributed by atoms with E-state index in [-0.39, 0.29) is 23.4 Å². The number of hydrogen-bond acceptors (Lipinski definition) is 5. The Labute approximate surface area is 200 Å². The second-order valence-electron chi connectivity index (χ2n) is 10.4. The number of hydrogen-bond donors (Lipinski definition) is 1. The van der Waals surface area contributed by atoms with Crippen molar-refractivity contribution in [3.63, 3.8) is 0 Å². The molecule has 0 spiro atoms. The molecular formula is C27H33FN2O4. The highest BCUT2D eigenvalue weighted by Crippen LogP contribution is 2.47. The van der Waals surface area contributed by atoms with E-state index in [0.717, 1.165) is 50.0 Å². The molecule has 1 amide bonds. The Hall–Kier alpha value is -2.80. The lowest BCUT2D eigenvalue weighted by Crippen LogP contribution is -2.53. The topological polar surface area (TPSA) is 60.0 Å². The predicted octanol–water partition coefficient (Wildman–Crippen LogP) is 4.95. The van der Waals surface area contributed by atoms with E-state index in [9.17, 15) is 4.79 Å². The summed E-state index contributed by atoms with van der Waals surface area (Å²) in [4.78, 5) is 15.2. The number of benzene rings is 2. The van der Waals surface area contributed by atoms with E-state index >= 15 is 4.39 Å². The number of alkyl carbamates (subject to hydrolysis) is 1. The minimum atomic E-state index is -0.408. The maximum absolute atomic E-state index is 15.4. The van der Waals surface area contributed by atoms with E-state index < -0.39 is 6.09 Å². The number of amides is 1. The van der Waals surface area contributed by atoms with E-state index in [0.29, 0.717) is 28.5 Å². The van der Waals surface area contributed by atoms with Crippen LogP contribution in [-0.2, 0) is 11.2 Å². The van der Waals surface area contributed by atoms with Gasteiger partial charge in [0, 0.05) is 12.1 Å². The van der Waals surface area contributed by atoms with E-state index in [1.807, 2.05) is 12.1 Å². The lowest BCUT2D eigenvalue weighted by Gasteiger charge is -2.44. The molecule has 2 atom stereocenters. The zero-order chi connectivity index (χ0) is 24.0. The molecule has 3 aliphatic heterocycles. The number of methoxy groups -OCH3 is 2. The van der Waals surface area contributed by atoms with Crippen molar-refractivity contribution in [2.45, 2.75) is 45.3 Å². The summed E-state index contributed by atoms with van der Waals surface area (Å²) in [5, 5.41) is 3.07. The molecule has 6 nitrogen and oxygen atoms in total. The van der Waals surface area contributed by atoms with Gasteiger partial charge in [-0.3, -0.25) is 4.90 Å². The first kappa shape index (κ1) is 23.0. The van der Waals surface area contributed by atoms with Crippen LogP contribution in [-0.4, -0.2) is 51.0 Å². The van der Waals surface area contributed by atoms with Gasteiger partial charge < -0.3 is 19.5 Å². The van der Waals surface area contributed by atoms with Crippen molar-refractivity contribution in [3.05, 3.63) is 47.3 Å². The average Bonchev–Trinajstić information content (AvgIpc) is 3.07. The lowest BCUT2D eigenvalue weighted by atomic mass is 9.85. The molecule has 3 heterocycles. The summed E-state index contributed by atoms with van der Waals surface area (Å²) < 4.78 is 31.9. The molecule has 2 bridgehead atoms. The van der Waals surface area contributed by atoms with Crippen LogP contribution in [0.1, 0.15) is 43.9 Å². The quantitative estimate of drug-likeness (QED) is 0.673. The zero-order valence-electron chi connectivity index (χ0n) is 20.3. The first-order valence-electron chi connectivity index (χ1n) is 12.0. The Morgan fingerprint density at radius 1 is 1.09 bits per heavy atom. The third kappa shape index (κ3) is 4.11. The van der Waals surface area contributed by atoms with Crippen molar-refractivity contribution in [3.8, 4) is 22.6 Å². The minimum Gasteiger partial charge on any atom is -0.493 e. The summed E-state index contributed by atoms with van der Waals surface area (Å²) in [5.74, 6) is 1.26. The van der Waals surface area contributed by atoms with Crippen LogP contribution >= 0.6 is 0 Å². The Kier molecular flexibility index (Phi) is 5.92. The molecular weight excluding hydrogens is 435 g/mol. The van der Waals surface area contributed by atoms with Crippen LogP contribution in [0.15, 0.2) is 30.3 Å². The summed E-state index contributed by atoms with van der Waals surface area (Å²) in [6.45, 7) is 7.19. The van der Waals surface area contributed by atoms with Crippen LogP contribution in [0.25, 0.3) is 11.1 Å². The zero-order valence-corrected chi connectivity index (χ0v) is 20.3. The van der Waals surface area contributed by atoms with Crippen LogP contribution < -0.4 is 14.8 Å². The number of fused-ring (bicyclic) bond motifs is 4. The van der Waals surface area contributed by atoms with Crippen LogP contribution in [0.4, 0.5) is 9.18 Å². The van der Waals surface area contributed by atoms with Crippen molar-refractivity contribution in [1.82, 2.24) is 10.2 Å². The molecule has 1 aliphatic carbocycles. The van der Waals surface area contributed by atoms with Gasteiger partial charge in [0.15, 0.2) is 11.5 Å². The fourth-order valence-electron chi connectivity index (χ4n) is 5.90. The van der Waals surface area contributed by atoms with Crippen LogP contribution in [0.2, 0.25) is 0 Å². The Morgan fingerprint density at radius 2 is 1.82 bits per heavy atom. The molecule has 0 radical (unpaired) electrons. The van der Waals surface area contributed by atoms with Crippen molar-refractivity contribution in [1.29, 1.82) is 0 Å². The fourth-order valence-corrected chi connectivity index (χ4v) is 5.90. The van der Waals surface area contributed by atoms with E-state index in [1.165, 1.54) is 0 Å². The molecule has 182 valence electrons. The summed E-state index contributed by atoms with van der Waals surface area (Å²) in [6, 6.07) is 8.53. The molecule has 1 unspecified atom stereocenters. The SMILES string of the molecule is COc1ccc(-c2cc3c(cc2F)C(NC(=O)O[C@@H]2CN4CCC2CC4)C(C)(C)C3)cc1OC. The number of carbonyl (C=O) groups is 1. The van der Waals surface area contributed by atoms with E-state index in [2.05, 4.69) is 24.1 Å². The van der Waals surface area contributed by atoms with E-state index in [4.69, 9.17) is 14.2 Å². The van der Waals surface area contributed by atoms with Gasteiger partial charge in [-0.15, -0.1) is 0 Å². The molecule has 2 aromatic carbocycles. The summed E-state index contributed by atoms with van der Waals surface area (Å²) >= 11 is 0. The highest BCUT2D eigenvalue weighted by atomic mass is 19.1. The third-order valence-electron chi connectivity index (χ3n) is 7.78. The molecule has 0 saturated carbocycles. The summed E-state index contributed by atoms with van der Waals surface area (Å²) in [7, 11) is 3.14. The normalized spacial score (nSPS) is 26.6. The van der Waals surface area contributed by atoms with Gasteiger partial charge in [-0.1, -0.05) is 19.9 Å². The molecule has 3 fully saturated rings. The molecule has 4 aliphatic rings. The van der Waals surface area contributed by atoms with Crippen molar-refractivity contribution < 1.29 is 23.4 Å². The average molecular weight is 469 g/mol. The smallest absolute Gasteiger partial charge is 0.407 e. The highest BCUT2D eigenvalue weighted by molar-refractivity contribution is 5.71. The van der Waals surface area contributed by atoms with Gasteiger partial charge >= 0.3 is 6.09 Å². The number of nitrogens with one attached hydrogen (secondary N) is 1. The number of rotatable bonds is 5. The first-order valence-corrected chi connectivity index (χ1v) is 12.0. The molecule has 7 heteroatoms. The number of halogens is 1. The first-order chi connectivity index (χ1) is 16.3. The molecule has 0 aromatic heterocycles. The van der Waals surface area contributed by atoms with Gasteiger partial charge in [0.05, 0.1) is 20.3 Å². The standard InChI is InChI=1S/C27H33FN2O4/c1-27(2)14-18-11-19(17-5-6-22(32-3)23(12-17)33-4)21(28)13-20(18)25(27)29-26(31)34-24-15-30-9-7-16(24)8-10-30/h5-6,11-13,16,24-25H,7-10,14-15H2,1-4H3,(H,29,31)/t24-,25?/m1/s1. The van der Waals surface area contributed by atoms with Gasteiger partial charge in [0.2, 0.25) is 0 Å². The second-order valence-corrected chi connectivity index (χ2v) is 10.4. The summed E-state index contributed by atoms with van der Waals surface area (Å²) in [6.07, 6.45) is 2.43. The lowest BCUT2D eigenvalue weighted by molar-refractivity contribution is -0.0349. The monoisotopic (exact) mass is 468 g/mol. The van der Waals surface area contributed by atoms with Gasteiger partial charge in [-0.25, -0.2) is 9.18 Å². The van der Waals surface area contributed by atoms with Gasteiger partial charge in [0.25, 0.3) is 0 Å². The maximum Gasteiger partial charge on any atom is 0.407 e. The largest absolute Gasteiger partial charge is 0.493 e. The van der Waals surface area contributed by atoms with Crippen molar-refractivity contribution in [2.75, 3.05) is 33.9 Å². The molecule has 3 saturated heterocycles. The number of carbonyl (C=O) groups excluding carboxylic acids is 1. The Bertz CT molecular complexity index is 1090. The minimum absolute atomic E-state index is 0.0596. The Balaban J connectivity index is 1.38. The number of ether oxygens (including phenoxy) is 3.